The van der Waals surface area contributed by atoms with Gasteiger partial charge in [0.15, 0.2) is 0 Å². The van der Waals surface area contributed by atoms with Crippen molar-refractivity contribution >= 4 is 34.8 Å². The molecule has 0 saturated heterocycles. The summed E-state index contributed by atoms with van der Waals surface area (Å²) < 4.78 is 0. The van der Waals surface area contributed by atoms with E-state index in [-0.39, 0.29) is 5.38 Å². The van der Waals surface area contributed by atoms with E-state index >= 15 is 0 Å². The first-order chi connectivity index (χ1) is 8.50. The Balaban J connectivity index is 2.44. The molecule has 0 spiro atoms. The van der Waals surface area contributed by atoms with Gasteiger partial charge >= 0.3 is 0 Å². The first kappa shape index (κ1) is 13.7. The number of aryl methyl sites for hydroxylation is 2. The lowest BCUT2D eigenvalue weighted by molar-refractivity contribution is 1.12. The van der Waals surface area contributed by atoms with Crippen LogP contribution in [0.2, 0.25) is 10.0 Å². The Bertz CT molecular complexity index is 576. The summed E-state index contributed by atoms with van der Waals surface area (Å²) in [4.78, 5) is 0. The highest BCUT2D eigenvalue weighted by Crippen LogP contribution is 2.37. The van der Waals surface area contributed by atoms with Crippen LogP contribution in [0, 0.1) is 13.8 Å². The molecule has 0 N–H and O–H groups in total. The monoisotopic (exact) mass is 298 g/mol. The summed E-state index contributed by atoms with van der Waals surface area (Å²) in [6.45, 7) is 4.15. The van der Waals surface area contributed by atoms with Crippen LogP contribution in [0.3, 0.4) is 0 Å². The molecule has 3 heteroatoms. The second-order valence-corrected chi connectivity index (χ2v) is 5.57. The Hall–Kier alpha value is -0.690. The van der Waals surface area contributed by atoms with Gasteiger partial charge in [-0.05, 0) is 42.2 Å². The van der Waals surface area contributed by atoms with Crippen molar-refractivity contribution in [1.82, 2.24) is 0 Å². The third kappa shape index (κ3) is 2.66. The molecule has 0 aliphatic carbocycles. The summed E-state index contributed by atoms with van der Waals surface area (Å²) in [6, 6.07) is 11.7. The van der Waals surface area contributed by atoms with Crippen LogP contribution in [-0.4, -0.2) is 0 Å². The van der Waals surface area contributed by atoms with E-state index in [1.807, 2.05) is 18.2 Å². The average Bonchev–Trinajstić information content (AvgIpc) is 2.35. The van der Waals surface area contributed by atoms with Gasteiger partial charge in [0, 0.05) is 0 Å². The number of alkyl halides is 1. The summed E-state index contributed by atoms with van der Waals surface area (Å²) in [7, 11) is 0. The zero-order chi connectivity index (χ0) is 13.3. The molecule has 0 saturated carbocycles. The van der Waals surface area contributed by atoms with E-state index in [4.69, 9.17) is 34.8 Å². The summed E-state index contributed by atoms with van der Waals surface area (Å²) in [5, 5.41) is 0.775. The van der Waals surface area contributed by atoms with Gasteiger partial charge in [-0.2, -0.15) is 0 Å². The van der Waals surface area contributed by atoms with E-state index in [1.54, 1.807) is 6.07 Å². The quantitative estimate of drug-likeness (QED) is 0.602. The van der Waals surface area contributed by atoms with Gasteiger partial charge in [-0.15, -0.1) is 11.6 Å². The molecule has 0 aliphatic rings. The molecule has 0 amide bonds. The van der Waals surface area contributed by atoms with Crippen LogP contribution >= 0.6 is 34.8 Å². The number of rotatable bonds is 2. The number of benzene rings is 2. The Morgan fingerprint density at radius 1 is 0.944 bits per heavy atom. The second-order valence-electron chi connectivity index (χ2n) is 4.35. The Morgan fingerprint density at radius 2 is 1.67 bits per heavy atom. The predicted octanol–water partition coefficient (Wildman–Crippen LogP) is 5.94. The molecule has 0 radical (unpaired) electrons. The van der Waals surface area contributed by atoms with Crippen molar-refractivity contribution in [2.75, 3.05) is 0 Å². The minimum atomic E-state index is -0.282. The molecule has 0 bridgehead atoms. The third-order valence-electron chi connectivity index (χ3n) is 3.08. The summed E-state index contributed by atoms with van der Waals surface area (Å²) in [5.41, 5.74) is 4.34. The van der Waals surface area contributed by atoms with Crippen molar-refractivity contribution < 1.29 is 0 Å². The van der Waals surface area contributed by atoms with Crippen molar-refractivity contribution in [2.45, 2.75) is 19.2 Å². The van der Waals surface area contributed by atoms with Crippen LogP contribution in [-0.2, 0) is 0 Å². The maximum atomic E-state index is 6.49. The van der Waals surface area contributed by atoms with E-state index in [9.17, 15) is 0 Å². The second kappa shape index (κ2) is 5.52. The van der Waals surface area contributed by atoms with Gasteiger partial charge < -0.3 is 0 Å². The fourth-order valence-electron chi connectivity index (χ4n) is 1.82. The molecule has 0 fully saturated rings. The highest BCUT2D eigenvalue weighted by atomic mass is 35.5. The zero-order valence-electron chi connectivity index (χ0n) is 10.2. The lowest BCUT2D eigenvalue weighted by Gasteiger charge is -2.14. The standard InChI is InChI=1S/C15H13Cl3/c1-9-6-7-11(8-10(9)2)14(17)12-4-3-5-13(16)15(12)18/h3-8,14H,1-2H3. The van der Waals surface area contributed by atoms with Gasteiger partial charge in [0.2, 0.25) is 0 Å². The van der Waals surface area contributed by atoms with E-state index < -0.39 is 0 Å². The highest BCUT2D eigenvalue weighted by molar-refractivity contribution is 6.43. The molecule has 0 nitrogen and oxygen atoms in total. The van der Waals surface area contributed by atoms with E-state index in [1.165, 1.54) is 11.1 Å². The Kier molecular flexibility index (Phi) is 4.21. The largest absolute Gasteiger partial charge is 0.113 e. The topological polar surface area (TPSA) is 0 Å². The lowest BCUT2D eigenvalue weighted by Crippen LogP contribution is -1.96. The molecule has 1 unspecified atom stereocenters. The number of hydrogen-bond donors (Lipinski definition) is 0. The minimum Gasteiger partial charge on any atom is -0.113 e. The minimum absolute atomic E-state index is 0.282. The number of halogens is 3. The molecule has 1 atom stereocenters. The van der Waals surface area contributed by atoms with Crippen LogP contribution in [0.1, 0.15) is 27.6 Å². The Morgan fingerprint density at radius 3 is 2.33 bits per heavy atom. The van der Waals surface area contributed by atoms with E-state index in [0.717, 1.165) is 11.1 Å². The van der Waals surface area contributed by atoms with Crippen molar-refractivity contribution in [3.8, 4) is 0 Å². The van der Waals surface area contributed by atoms with Gasteiger partial charge in [-0.1, -0.05) is 53.5 Å². The summed E-state index contributed by atoms with van der Waals surface area (Å²) in [6.07, 6.45) is 0. The molecular formula is C15H13Cl3. The smallest absolute Gasteiger partial charge is 0.0850 e. The highest BCUT2D eigenvalue weighted by Gasteiger charge is 2.16. The average molecular weight is 300 g/mol. The van der Waals surface area contributed by atoms with Crippen molar-refractivity contribution in [1.29, 1.82) is 0 Å². The van der Waals surface area contributed by atoms with Crippen LogP contribution in [0.25, 0.3) is 0 Å². The molecule has 2 aromatic carbocycles. The van der Waals surface area contributed by atoms with Crippen molar-refractivity contribution in [3.05, 3.63) is 68.7 Å². The molecular weight excluding hydrogens is 287 g/mol. The fourth-order valence-corrected chi connectivity index (χ4v) is 2.61. The summed E-state index contributed by atoms with van der Waals surface area (Å²) >= 11 is 18.7. The van der Waals surface area contributed by atoms with Gasteiger partial charge in [-0.25, -0.2) is 0 Å². The molecule has 0 aliphatic heterocycles. The zero-order valence-corrected chi connectivity index (χ0v) is 12.4. The SMILES string of the molecule is Cc1ccc(C(Cl)c2cccc(Cl)c2Cl)cc1C. The molecule has 2 aromatic rings. The van der Waals surface area contributed by atoms with Gasteiger partial charge in [-0.3, -0.25) is 0 Å². The van der Waals surface area contributed by atoms with Gasteiger partial charge in [0.25, 0.3) is 0 Å². The lowest BCUT2D eigenvalue weighted by atomic mass is 10.00. The van der Waals surface area contributed by atoms with E-state index in [0.29, 0.717) is 10.0 Å². The molecule has 0 heterocycles. The maximum absolute atomic E-state index is 6.49. The molecule has 2 rings (SSSR count). The number of hydrogen-bond acceptors (Lipinski definition) is 0. The van der Waals surface area contributed by atoms with Gasteiger partial charge in [0.1, 0.15) is 0 Å². The maximum Gasteiger partial charge on any atom is 0.0850 e. The predicted molar refractivity (Wildman–Crippen MR) is 80.1 cm³/mol. The van der Waals surface area contributed by atoms with Crippen LogP contribution in [0.15, 0.2) is 36.4 Å². The Labute approximate surface area is 122 Å². The van der Waals surface area contributed by atoms with Crippen molar-refractivity contribution in [3.63, 3.8) is 0 Å². The molecule has 94 valence electrons. The summed E-state index contributed by atoms with van der Waals surface area (Å²) in [5.74, 6) is 0. The van der Waals surface area contributed by atoms with E-state index in [2.05, 4.69) is 26.0 Å². The normalized spacial score (nSPS) is 12.5. The first-order valence-corrected chi connectivity index (χ1v) is 6.85. The molecule has 0 aromatic heterocycles. The van der Waals surface area contributed by atoms with Crippen LogP contribution < -0.4 is 0 Å². The van der Waals surface area contributed by atoms with Crippen LogP contribution in [0.4, 0.5) is 0 Å². The fraction of sp³-hybridized carbons (Fsp3) is 0.200. The van der Waals surface area contributed by atoms with Gasteiger partial charge in [0.05, 0.1) is 15.4 Å². The molecule has 18 heavy (non-hydrogen) atoms. The third-order valence-corrected chi connectivity index (χ3v) is 4.40. The van der Waals surface area contributed by atoms with Crippen molar-refractivity contribution in [2.24, 2.45) is 0 Å². The first-order valence-electron chi connectivity index (χ1n) is 5.66. The van der Waals surface area contributed by atoms with Crippen LogP contribution in [0.5, 0.6) is 0 Å².